The number of amides is 2. The van der Waals surface area contributed by atoms with Gasteiger partial charge in [0.05, 0.1) is 5.92 Å². The van der Waals surface area contributed by atoms with Crippen LogP contribution in [0, 0.1) is 5.92 Å². The van der Waals surface area contributed by atoms with Crippen LogP contribution in [0.1, 0.15) is 17.5 Å². The van der Waals surface area contributed by atoms with Gasteiger partial charge < -0.3 is 10.2 Å². The molecule has 0 radical (unpaired) electrons. The molecule has 1 N–H and O–H groups in total. The van der Waals surface area contributed by atoms with Crippen LogP contribution in [0.25, 0.3) is 0 Å². The van der Waals surface area contributed by atoms with Gasteiger partial charge in [-0.05, 0) is 23.3 Å². The highest BCUT2D eigenvalue weighted by Crippen LogP contribution is 2.20. The number of likely N-dealkylation sites (tertiary alicyclic amines) is 1. The van der Waals surface area contributed by atoms with Crippen LogP contribution in [0.15, 0.2) is 54.6 Å². The van der Waals surface area contributed by atoms with Crippen LogP contribution < -0.4 is 5.32 Å². The summed E-state index contributed by atoms with van der Waals surface area (Å²) in [6.45, 7) is 1.47. The summed E-state index contributed by atoms with van der Waals surface area (Å²) in [4.78, 5) is 26.2. The summed E-state index contributed by atoms with van der Waals surface area (Å²) >= 11 is 5.85. The third-order valence-corrected chi connectivity index (χ3v) is 4.43. The molecule has 2 amide bonds. The fourth-order valence-electron chi connectivity index (χ4n) is 2.84. The standard InChI is InChI=1S/C19H19ClN2O2/c20-17-8-6-14(7-9-17)11-21-19(24)16-10-18(23)22(13-16)12-15-4-2-1-3-5-15/h1-9,16H,10-13H2,(H,21,24)/t16-/m1/s1. The van der Waals surface area contributed by atoms with E-state index >= 15 is 0 Å². The van der Waals surface area contributed by atoms with Crippen molar-refractivity contribution in [3.63, 3.8) is 0 Å². The van der Waals surface area contributed by atoms with Crippen LogP contribution in [0.5, 0.6) is 0 Å². The van der Waals surface area contributed by atoms with Gasteiger partial charge in [-0.1, -0.05) is 54.1 Å². The van der Waals surface area contributed by atoms with Crippen LogP contribution in [-0.2, 0) is 22.7 Å². The van der Waals surface area contributed by atoms with Crippen LogP contribution >= 0.6 is 11.6 Å². The van der Waals surface area contributed by atoms with E-state index in [4.69, 9.17) is 11.6 Å². The lowest BCUT2D eigenvalue weighted by Crippen LogP contribution is -2.32. The summed E-state index contributed by atoms with van der Waals surface area (Å²) in [5.41, 5.74) is 2.06. The lowest BCUT2D eigenvalue weighted by atomic mass is 10.1. The van der Waals surface area contributed by atoms with Gasteiger partial charge in [0.25, 0.3) is 0 Å². The minimum absolute atomic E-state index is 0.0329. The molecule has 2 aromatic carbocycles. The smallest absolute Gasteiger partial charge is 0.225 e. The van der Waals surface area contributed by atoms with Crippen LogP contribution in [0.3, 0.4) is 0 Å². The van der Waals surface area contributed by atoms with E-state index in [1.54, 1.807) is 17.0 Å². The minimum Gasteiger partial charge on any atom is -0.352 e. The predicted octanol–water partition coefficient (Wildman–Crippen LogP) is 3.00. The van der Waals surface area contributed by atoms with Crippen LogP contribution in [-0.4, -0.2) is 23.3 Å². The zero-order chi connectivity index (χ0) is 16.9. The molecular weight excluding hydrogens is 324 g/mol. The summed E-state index contributed by atoms with van der Waals surface area (Å²) in [6.07, 6.45) is 0.277. The van der Waals surface area contributed by atoms with E-state index in [0.717, 1.165) is 11.1 Å². The highest BCUT2D eigenvalue weighted by Gasteiger charge is 2.33. The molecule has 0 saturated carbocycles. The molecule has 24 heavy (non-hydrogen) atoms. The molecular formula is C19H19ClN2O2. The second-order valence-corrected chi connectivity index (χ2v) is 6.44. The summed E-state index contributed by atoms with van der Waals surface area (Å²) in [5.74, 6) is -0.326. The Morgan fingerprint density at radius 1 is 1.08 bits per heavy atom. The predicted molar refractivity (Wildman–Crippen MR) is 93.3 cm³/mol. The van der Waals surface area contributed by atoms with Gasteiger partial charge >= 0.3 is 0 Å². The molecule has 0 spiro atoms. The zero-order valence-corrected chi connectivity index (χ0v) is 14.0. The molecule has 124 valence electrons. The number of nitrogens with one attached hydrogen (secondary N) is 1. The van der Waals surface area contributed by atoms with Gasteiger partial charge in [-0.2, -0.15) is 0 Å². The Morgan fingerprint density at radius 2 is 1.79 bits per heavy atom. The topological polar surface area (TPSA) is 49.4 Å². The first-order chi connectivity index (χ1) is 11.6. The van der Waals surface area contributed by atoms with Gasteiger partial charge in [0.1, 0.15) is 0 Å². The van der Waals surface area contributed by atoms with Crippen molar-refractivity contribution in [2.75, 3.05) is 6.54 Å². The molecule has 0 unspecified atom stereocenters. The van der Waals surface area contributed by atoms with Gasteiger partial charge in [-0.25, -0.2) is 0 Å². The number of nitrogens with zero attached hydrogens (tertiary/aromatic N) is 1. The number of rotatable bonds is 5. The zero-order valence-electron chi connectivity index (χ0n) is 13.2. The lowest BCUT2D eigenvalue weighted by molar-refractivity contribution is -0.129. The normalized spacial score (nSPS) is 17.1. The Labute approximate surface area is 146 Å². The number of carbonyl (C=O) groups is 2. The summed E-state index contributed by atoms with van der Waals surface area (Å²) in [5, 5.41) is 3.57. The Kier molecular flexibility index (Phi) is 5.16. The third-order valence-electron chi connectivity index (χ3n) is 4.18. The summed E-state index contributed by atoms with van der Waals surface area (Å²) in [7, 11) is 0. The first-order valence-electron chi connectivity index (χ1n) is 7.95. The number of benzene rings is 2. The Morgan fingerprint density at radius 3 is 2.50 bits per heavy atom. The molecule has 1 heterocycles. The maximum atomic E-state index is 12.3. The van der Waals surface area contributed by atoms with Gasteiger partial charge in [-0.3, -0.25) is 9.59 Å². The maximum absolute atomic E-state index is 12.3. The molecule has 1 fully saturated rings. The van der Waals surface area contributed by atoms with Crippen LogP contribution in [0.2, 0.25) is 5.02 Å². The number of halogens is 1. The quantitative estimate of drug-likeness (QED) is 0.908. The van der Waals surface area contributed by atoms with Crippen molar-refractivity contribution < 1.29 is 9.59 Å². The van der Waals surface area contributed by atoms with E-state index in [1.165, 1.54) is 0 Å². The molecule has 1 atom stereocenters. The molecule has 3 rings (SSSR count). The van der Waals surface area contributed by atoms with Gasteiger partial charge in [0.15, 0.2) is 0 Å². The Balaban J connectivity index is 1.53. The van der Waals surface area contributed by atoms with Crippen molar-refractivity contribution in [2.24, 2.45) is 5.92 Å². The second kappa shape index (κ2) is 7.49. The molecule has 5 heteroatoms. The van der Waals surface area contributed by atoms with E-state index in [9.17, 15) is 9.59 Å². The van der Waals surface area contributed by atoms with Crippen molar-refractivity contribution in [3.8, 4) is 0 Å². The van der Waals surface area contributed by atoms with E-state index in [1.807, 2.05) is 42.5 Å². The highest BCUT2D eigenvalue weighted by molar-refractivity contribution is 6.30. The minimum atomic E-state index is -0.284. The monoisotopic (exact) mass is 342 g/mol. The molecule has 1 saturated heterocycles. The number of carbonyl (C=O) groups excluding carboxylic acids is 2. The average Bonchev–Trinajstić information content (AvgIpc) is 2.96. The molecule has 2 aromatic rings. The second-order valence-electron chi connectivity index (χ2n) is 6.01. The van der Waals surface area contributed by atoms with Gasteiger partial charge in [0.2, 0.25) is 11.8 Å². The summed E-state index contributed by atoms with van der Waals surface area (Å²) < 4.78 is 0. The van der Waals surface area contributed by atoms with Crippen molar-refractivity contribution in [1.29, 1.82) is 0 Å². The molecule has 0 aromatic heterocycles. The van der Waals surface area contributed by atoms with Crippen molar-refractivity contribution >= 4 is 23.4 Å². The van der Waals surface area contributed by atoms with Crippen molar-refractivity contribution in [3.05, 3.63) is 70.7 Å². The molecule has 4 nitrogen and oxygen atoms in total. The Hall–Kier alpha value is -2.33. The first-order valence-corrected chi connectivity index (χ1v) is 8.33. The summed E-state index contributed by atoms with van der Waals surface area (Å²) in [6, 6.07) is 17.2. The van der Waals surface area contributed by atoms with Crippen molar-refractivity contribution in [1.82, 2.24) is 10.2 Å². The number of hydrogen-bond donors (Lipinski definition) is 1. The largest absolute Gasteiger partial charge is 0.352 e. The fourth-order valence-corrected chi connectivity index (χ4v) is 2.97. The van der Waals surface area contributed by atoms with Crippen LogP contribution in [0.4, 0.5) is 0 Å². The average molecular weight is 343 g/mol. The molecule has 0 bridgehead atoms. The van der Waals surface area contributed by atoms with Gasteiger partial charge in [-0.15, -0.1) is 0 Å². The molecule has 1 aliphatic rings. The molecule has 1 aliphatic heterocycles. The van der Waals surface area contributed by atoms with E-state index in [-0.39, 0.29) is 24.2 Å². The lowest BCUT2D eigenvalue weighted by Gasteiger charge is -2.16. The van der Waals surface area contributed by atoms with Gasteiger partial charge in [0, 0.05) is 31.1 Å². The van der Waals surface area contributed by atoms with E-state index in [2.05, 4.69) is 5.32 Å². The van der Waals surface area contributed by atoms with E-state index in [0.29, 0.717) is 24.7 Å². The van der Waals surface area contributed by atoms with E-state index < -0.39 is 0 Å². The SMILES string of the molecule is O=C(NCc1ccc(Cl)cc1)[C@@H]1CC(=O)N(Cc2ccccc2)C1. The Bertz CT molecular complexity index is 716. The molecule has 0 aliphatic carbocycles. The van der Waals surface area contributed by atoms with Crippen molar-refractivity contribution in [2.45, 2.75) is 19.5 Å². The number of hydrogen-bond acceptors (Lipinski definition) is 2. The maximum Gasteiger partial charge on any atom is 0.225 e. The first kappa shape index (κ1) is 16.5. The highest BCUT2D eigenvalue weighted by atomic mass is 35.5. The third kappa shape index (κ3) is 4.15. The fraction of sp³-hybridized carbons (Fsp3) is 0.263.